The Hall–Kier alpha value is -0.970. The van der Waals surface area contributed by atoms with Crippen molar-refractivity contribution in [1.82, 2.24) is 10.2 Å². The van der Waals surface area contributed by atoms with Crippen molar-refractivity contribution in [3.05, 3.63) is 11.0 Å². The molecule has 94 valence electrons. The second-order valence-corrected chi connectivity index (χ2v) is 6.38. The first-order valence-corrected chi connectivity index (χ1v) is 7.10. The molecular weight excluding hydrogens is 286 g/mol. The van der Waals surface area contributed by atoms with Crippen LogP contribution < -0.4 is 5.32 Å². The fourth-order valence-corrected chi connectivity index (χ4v) is 4.28. The number of hydrogen-bond donors (Lipinski definition) is 1. The van der Waals surface area contributed by atoms with E-state index in [1.54, 1.807) is 18.0 Å². The maximum absolute atomic E-state index is 11.4. The van der Waals surface area contributed by atoms with Crippen molar-refractivity contribution < 1.29 is 4.79 Å². The average molecular weight is 297 g/mol. The minimum Gasteiger partial charge on any atom is -0.330 e. The SMILES string of the molecule is CN1C(=S)C=C2SC(CC(=O)NC#N)CC2C1=S. The number of nitrogens with zero attached hydrogens (tertiary/aromatic N) is 2. The van der Waals surface area contributed by atoms with Crippen molar-refractivity contribution in [2.75, 3.05) is 7.05 Å². The van der Waals surface area contributed by atoms with E-state index in [0.29, 0.717) is 6.42 Å². The van der Waals surface area contributed by atoms with E-state index in [9.17, 15) is 4.79 Å². The average Bonchev–Trinajstić information content (AvgIpc) is 2.69. The fourth-order valence-electron chi connectivity index (χ4n) is 2.06. The van der Waals surface area contributed by atoms with Crippen molar-refractivity contribution in [2.24, 2.45) is 5.92 Å². The Labute approximate surface area is 120 Å². The van der Waals surface area contributed by atoms with Crippen LogP contribution in [0.5, 0.6) is 0 Å². The van der Waals surface area contributed by atoms with Crippen LogP contribution in [0.15, 0.2) is 11.0 Å². The molecule has 0 radical (unpaired) electrons. The molecule has 0 bridgehead atoms. The summed E-state index contributed by atoms with van der Waals surface area (Å²) < 4.78 is 0. The number of carbonyl (C=O) groups is 1. The first-order valence-electron chi connectivity index (χ1n) is 5.40. The molecule has 0 spiro atoms. The van der Waals surface area contributed by atoms with Gasteiger partial charge in [-0.3, -0.25) is 10.1 Å². The molecule has 0 aromatic carbocycles. The van der Waals surface area contributed by atoms with Gasteiger partial charge < -0.3 is 4.90 Å². The van der Waals surface area contributed by atoms with Crippen molar-refractivity contribution in [3.63, 3.8) is 0 Å². The minimum atomic E-state index is -0.240. The topological polar surface area (TPSA) is 56.1 Å². The summed E-state index contributed by atoms with van der Waals surface area (Å²) in [7, 11) is 1.87. The number of nitriles is 1. The number of thioether (sulfide) groups is 1. The number of fused-ring (bicyclic) bond motifs is 1. The Morgan fingerprint density at radius 3 is 3.11 bits per heavy atom. The van der Waals surface area contributed by atoms with Crippen LogP contribution in [0.2, 0.25) is 0 Å². The van der Waals surface area contributed by atoms with Crippen LogP contribution in [0.1, 0.15) is 12.8 Å². The highest BCUT2D eigenvalue weighted by atomic mass is 32.2. The zero-order chi connectivity index (χ0) is 13.3. The van der Waals surface area contributed by atoms with E-state index in [2.05, 4.69) is 5.32 Å². The molecule has 0 aromatic rings. The predicted octanol–water partition coefficient (Wildman–Crippen LogP) is 1.58. The Morgan fingerprint density at radius 2 is 2.44 bits per heavy atom. The van der Waals surface area contributed by atoms with Gasteiger partial charge in [0, 0.05) is 24.6 Å². The van der Waals surface area contributed by atoms with Gasteiger partial charge in [-0.2, -0.15) is 5.26 Å². The van der Waals surface area contributed by atoms with Gasteiger partial charge >= 0.3 is 0 Å². The van der Waals surface area contributed by atoms with Crippen LogP contribution >= 0.6 is 36.2 Å². The summed E-state index contributed by atoms with van der Waals surface area (Å²) in [6, 6.07) is 0. The Kier molecular flexibility index (Phi) is 4.00. The van der Waals surface area contributed by atoms with Crippen LogP contribution in [0, 0.1) is 17.4 Å². The summed E-state index contributed by atoms with van der Waals surface area (Å²) in [6.45, 7) is 0. The second-order valence-electron chi connectivity index (χ2n) is 4.17. The molecule has 18 heavy (non-hydrogen) atoms. The largest absolute Gasteiger partial charge is 0.330 e. The summed E-state index contributed by atoms with van der Waals surface area (Å²) in [4.78, 5) is 15.9. The first kappa shape index (κ1) is 13.5. The van der Waals surface area contributed by atoms with Gasteiger partial charge in [0.05, 0.1) is 4.99 Å². The summed E-state index contributed by atoms with van der Waals surface area (Å²) in [5.41, 5.74) is 0. The molecule has 1 N–H and O–H groups in total. The van der Waals surface area contributed by atoms with E-state index in [1.807, 2.05) is 18.0 Å². The van der Waals surface area contributed by atoms with E-state index < -0.39 is 0 Å². The predicted molar refractivity (Wildman–Crippen MR) is 78.9 cm³/mol. The monoisotopic (exact) mass is 297 g/mol. The molecule has 1 saturated heterocycles. The van der Waals surface area contributed by atoms with E-state index in [4.69, 9.17) is 29.7 Å². The molecule has 0 aliphatic carbocycles. The van der Waals surface area contributed by atoms with Crippen molar-refractivity contribution in [2.45, 2.75) is 18.1 Å². The molecule has 7 heteroatoms. The van der Waals surface area contributed by atoms with Gasteiger partial charge in [-0.25, -0.2) is 0 Å². The summed E-state index contributed by atoms with van der Waals surface area (Å²) in [6.07, 6.45) is 4.78. The fraction of sp³-hybridized carbons (Fsp3) is 0.455. The van der Waals surface area contributed by atoms with Crippen molar-refractivity contribution in [3.8, 4) is 6.19 Å². The number of likely N-dealkylation sites (N-methyl/N-ethyl adjacent to an activating group) is 1. The number of thiocarbonyl (C=S) groups is 2. The normalized spacial score (nSPS) is 26.4. The lowest BCUT2D eigenvalue weighted by molar-refractivity contribution is -0.119. The maximum Gasteiger partial charge on any atom is 0.234 e. The second kappa shape index (κ2) is 5.34. The smallest absolute Gasteiger partial charge is 0.234 e. The van der Waals surface area contributed by atoms with Crippen LogP contribution in [-0.4, -0.2) is 33.1 Å². The van der Waals surface area contributed by atoms with E-state index in [0.717, 1.165) is 21.3 Å². The number of carbonyl (C=O) groups excluding carboxylic acids is 1. The molecule has 4 nitrogen and oxygen atoms in total. The van der Waals surface area contributed by atoms with Gasteiger partial charge in [0.25, 0.3) is 0 Å². The molecule has 2 unspecified atom stereocenters. The summed E-state index contributed by atoms with van der Waals surface area (Å²) >= 11 is 12.3. The van der Waals surface area contributed by atoms with Crippen LogP contribution in [0.4, 0.5) is 0 Å². The zero-order valence-corrected chi connectivity index (χ0v) is 12.1. The highest BCUT2D eigenvalue weighted by Crippen LogP contribution is 2.46. The minimum absolute atomic E-state index is 0.168. The van der Waals surface area contributed by atoms with Crippen LogP contribution in [0.25, 0.3) is 0 Å². The van der Waals surface area contributed by atoms with Gasteiger partial charge in [-0.05, 0) is 17.4 Å². The van der Waals surface area contributed by atoms with Gasteiger partial charge in [0.15, 0.2) is 6.19 Å². The van der Waals surface area contributed by atoms with Gasteiger partial charge in [0.1, 0.15) is 4.99 Å². The molecule has 0 saturated carbocycles. The lowest BCUT2D eigenvalue weighted by atomic mass is 9.98. The van der Waals surface area contributed by atoms with Crippen molar-refractivity contribution >= 4 is 52.1 Å². The van der Waals surface area contributed by atoms with Crippen LogP contribution in [0.3, 0.4) is 0 Å². The quantitative estimate of drug-likeness (QED) is 0.474. The molecule has 2 rings (SSSR count). The first-order chi connectivity index (χ1) is 8.52. The molecule has 2 aliphatic heterocycles. The molecule has 0 aromatic heterocycles. The number of hydrogen-bond acceptors (Lipinski definition) is 5. The molecule has 1 amide bonds. The van der Waals surface area contributed by atoms with Gasteiger partial charge in [-0.15, -0.1) is 11.8 Å². The molecule has 1 fully saturated rings. The standard InChI is InChI=1S/C11H11N3OS3/c1-14-10(16)4-8-7(11(14)17)2-6(18-8)3-9(15)13-5-12/h4,6-7H,2-3H2,1H3,(H,13,15). The number of nitrogens with one attached hydrogen (secondary N) is 1. The molecule has 2 heterocycles. The maximum atomic E-state index is 11.4. The Bertz CT molecular complexity index is 494. The van der Waals surface area contributed by atoms with Gasteiger partial charge in [0.2, 0.25) is 5.91 Å². The Balaban J connectivity index is 2.06. The summed E-state index contributed by atoms with van der Waals surface area (Å²) in [5.74, 6) is -0.0438. The number of rotatable bonds is 2. The molecule has 2 atom stereocenters. The summed E-state index contributed by atoms with van der Waals surface area (Å²) in [5, 5.41) is 10.7. The van der Waals surface area contributed by atoms with Gasteiger partial charge in [-0.1, -0.05) is 24.4 Å². The van der Waals surface area contributed by atoms with E-state index in [-0.39, 0.29) is 17.1 Å². The van der Waals surface area contributed by atoms with Crippen molar-refractivity contribution in [1.29, 1.82) is 5.26 Å². The molecule has 2 aliphatic rings. The Morgan fingerprint density at radius 1 is 1.72 bits per heavy atom. The van der Waals surface area contributed by atoms with E-state index >= 15 is 0 Å². The lowest BCUT2D eigenvalue weighted by Crippen LogP contribution is -2.37. The molecular formula is C11H11N3OS3. The van der Waals surface area contributed by atoms with E-state index in [1.165, 1.54) is 0 Å². The zero-order valence-electron chi connectivity index (χ0n) is 9.67. The third kappa shape index (κ3) is 2.55. The highest BCUT2D eigenvalue weighted by molar-refractivity contribution is 8.04. The third-order valence-electron chi connectivity index (χ3n) is 2.98. The third-order valence-corrected chi connectivity index (χ3v) is 5.30. The number of amides is 1. The highest BCUT2D eigenvalue weighted by Gasteiger charge is 2.38. The van der Waals surface area contributed by atoms with Crippen LogP contribution in [-0.2, 0) is 4.79 Å². The lowest BCUT2D eigenvalue weighted by Gasteiger charge is -2.28.